The maximum atomic E-state index is 5.68. The molecule has 0 radical (unpaired) electrons. The normalized spacial score (nSPS) is 17.8. The fraction of sp³-hybridized carbons (Fsp3) is 0.154. The van der Waals surface area contributed by atoms with E-state index in [9.17, 15) is 0 Å². The van der Waals surface area contributed by atoms with Gasteiger partial charge in [0.1, 0.15) is 5.75 Å². The lowest BCUT2D eigenvalue weighted by atomic mass is 10.2. The van der Waals surface area contributed by atoms with Crippen molar-refractivity contribution >= 4 is 5.90 Å². The number of nitrogens with zero attached hydrogens (tertiary/aromatic N) is 1. The molecule has 2 aromatic rings. The zero-order valence-electron chi connectivity index (χ0n) is 9.79. The van der Waals surface area contributed by atoms with Crippen LogP contribution in [0.3, 0.4) is 0 Å². The van der Waals surface area contributed by atoms with Crippen molar-refractivity contribution in [1.29, 1.82) is 0 Å². The van der Waals surface area contributed by atoms with E-state index in [0.717, 1.165) is 11.3 Å². The first-order valence-corrected chi connectivity index (χ1v) is 5.54. The van der Waals surface area contributed by atoms with Gasteiger partial charge in [-0.3, -0.25) is 5.43 Å². The van der Waals surface area contributed by atoms with Crippen molar-refractivity contribution in [3.05, 3.63) is 54.0 Å². The minimum Gasteiger partial charge on any atom is -0.497 e. The van der Waals surface area contributed by atoms with E-state index < -0.39 is 0 Å². The molecule has 18 heavy (non-hydrogen) atoms. The molecule has 1 aromatic carbocycles. The van der Waals surface area contributed by atoms with Gasteiger partial charge in [0.05, 0.1) is 13.4 Å². The lowest BCUT2D eigenvalue weighted by Crippen LogP contribution is -2.11. The third-order valence-electron chi connectivity index (χ3n) is 2.63. The third-order valence-corrected chi connectivity index (χ3v) is 2.63. The predicted octanol–water partition coefficient (Wildman–Crippen LogP) is 2.27. The summed E-state index contributed by atoms with van der Waals surface area (Å²) in [5.74, 6) is 1.98. The molecule has 2 heterocycles. The Kier molecular flexibility index (Phi) is 2.64. The van der Waals surface area contributed by atoms with Crippen molar-refractivity contribution < 1.29 is 13.9 Å². The number of hydrogen-bond donors (Lipinski definition) is 1. The van der Waals surface area contributed by atoms with Gasteiger partial charge in [-0.15, -0.1) is 5.10 Å². The molecule has 1 aliphatic rings. The number of methoxy groups -OCH3 is 1. The molecule has 3 rings (SSSR count). The van der Waals surface area contributed by atoms with Gasteiger partial charge in [-0.25, -0.2) is 0 Å². The van der Waals surface area contributed by atoms with Crippen LogP contribution in [-0.4, -0.2) is 13.0 Å². The molecule has 0 bridgehead atoms. The highest BCUT2D eigenvalue weighted by atomic mass is 16.5. The van der Waals surface area contributed by atoms with Gasteiger partial charge >= 0.3 is 0 Å². The number of ether oxygens (including phenoxy) is 2. The molecule has 1 N–H and O–H groups in total. The summed E-state index contributed by atoms with van der Waals surface area (Å²) in [7, 11) is 1.63. The standard InChI is InChI=1S/C13H12N2O3/c1-16-10-5-2-4-9(8-10)12-14-15-13(18-12)11-6-3-7-17-11/h2-8,13,15H,1H3. The molecule has 5 heteroatoms. The van der Waals surface area contributed by atoms with Crippen molar-refractivity contribution in [2.45, 2.75) is 6.23 Å². The molecule has 1 unspecified atom stereocenters. The molecule has 0 fully saturated rings. The second-order valence-electron chi connectivity index (χ2n) is 3.79. The van der Waals surface area contributed by atoms with Crippen LogP contribution in [0.15, 0.2) is 52.2 Å². The van der Waals surface area contributed by atoms with Gasteiger partial charge in [-0.05, 0) is 30.3 Å². The van der Waals surface area contributed by atoms with Crippen LogP contribution >= 0.6 is 0 Å². The fourth-order valence-corrected chi connectivity index (χ4v) is 1.73. The first kappa shape index (κ1) is 10.7. The smallest absolute Gasteiger partial charge is 0.245 e. The van der Waals surface area contributed by atoms with Crippen LogP contribution in [-0.2, 0) is 4.74 Å². The molecule has 0 amide bonds. The van der Waals surface area contributed by atoms with Crippen molar-refractivity contribution in [2.75, 3.05) is 7.11 Å². The summed E-state index contributed by atoms with van der Waals surface area (Å²) in [6, 6.07) is 11.2. The molecule has 1 atom stereocenters. The first-order valence-electron chi connectivity index (χ1n) is 5.54. The van der Waals surface area contributed by atoms with Crippen molar-refractivity contribution in [3.8, 4) is 5.75 Å². The third kappa shape index (κ3) is 1.90. The highest BCUT2D eigenvalue weighted by Gasteiger charge is 2.24. The average Bonchev–Trinajstić information content (AvgIpc) is 3.09. The molecular formula is C13H12N2O3. The summed E-state index contributed by atoms with van der Waals surface area (Å²) in [6.45, 7) is 0. The monoisotopic (exact) mass is 244 g/mol. The summed E-state index contributed by atoms with van der Waals surface area (Å²) < 4.78 is 16.1. The molecule has 0 saturated heterocycles. The number of benzene rings is 1. The lowest BCUT2D eigenvalue weighted by Gasteiger charge is -2.08. The molecule has 0 saturated carbocycles. The van der Waals surface area contributed by atoms with Gasteiger partial charge in [0.25, 0.3) is 0 Å². The number of nitrogens with one attached hydrogen (secondary N) is 1. The maximum Gasteiger partial charge on any atom is 0.245 e. The first-order chi connectivity index (χ1) is 8.86. The van der Waals surface area contributed by atoms with E-state index in [1.165, 1.54) is 0 Å². The van der Waals surface area contributed by atoms with E-state index in [1.54, 1.807) is 13.4 Å². The van der Waals surface area contributed by atoms with Gasteiger partial charge in [0.15, 0.2) is 5.76 Å². The highest BCUT2D eigenvalue weighted by Crippen LogP contribution is 2.23. The lowest BCUT2D eigenvalue weighted by molar-refractivity contribution is 0.161. The van der Waals surface area contributed by atoms with Gasteiger partial charge in [-0.2, -0.15) is 0 Å². The second-order valence-corrected chi connectivity index (χ2v) is 3.79. The van der Waals surface area contributed by atoms with Gasteiger partial charge in [0, 0.05) is 5.56 Å². The average molecular weight is 244 g/mol. The highest BCUT2D eigenvalue weighted by molar-refractivity contribution is 5.95. The SMILES string of the molecule is COc1cccc(C2=NNC(c3ccco3)O2)c1. The minimum absolute atomic E-state index is 0.374. The Balaban J connectivity index is 1.78. The van der Waals surface area contributed by atoms with Crippen molar-refractivity contribution in [3.63, 3.8) is 0 Å². The van der Waals surface area contributed by atoms with Crippen LogP contribution in [0, 0.1) is 0 Å². The number of rotatable bonds is 3. The topological polar surface area (TPSA) is 56.0 Å². The van der Waals surface area contributed by atoms with Crippen LogP contribution in [0.25, 0.3) is 0 Å². The van der Waals surface area contributed by atoms with E-state index >= 15 is 0 Å². The second kappa shape index (κ2) is 4.44. The van der Waals surface area contributed by atoms with E-state index in [-0.39, 0.29) is 6.23 Å². The summed E-state index contributed by atoms with van der Waals surface area (Å²) in [5.41, 5.74) is 3.73. The molecule has 1 aliphatic heterocycles. The minimum atomic E-state index is -0.374. The Hall–Kier alpha value is -2.43. The maximum absolute atomic E-state index is 5.68. The van der Waals surface area contributed by atoms with Gasteiger partial charge < -0.3 is 13.9 Å². The van der Waals surface area contributed by atoms with Crippen LogP contribution in [0.2, 0.25) is 0 Å². The van der Waals surface area contributed by atoms with Crippen LogP contribution in [0.1, 0.15) is 17.6 Å². The molecule has 0 spiro atoms. The molecule has 0 aliphatic carbocycles. The Morgan fingerprint density at radius 2 is 2.22 bits per heavy atom. The molecule has 92 valence electrons. The summed E-state index contributed by atoms with van der Waals surface area (Å²) in [4.78, 5) is 0. The summed E-state index contributed by atoms with van der Waals surface area (Å²) >= 11 is 0. The largest absolute Gasteiger partial charge is 0.497 e. The summed E-state index contributed by atoms with van der Waals surface area (Å²) in [5, 5.41) is 4.15. The number of hydrogen-bond acceptors (Lipinski definition) is 5. The van der Waals surface area contributed by atoms with Crippen molar-refractivity contribution in [2.24, 2.45) is 5.10 Å². The fourth-order valence-electron chi connectivity index (χ4n) is 1.73. The zero-order chi connectivity index (χ0) is 12.4. The van der Waals surface area contributed by atoms with Gasteiger partial charge in [0.2, 0.25) is 12.1 Å². The molecule has 5 nitrogen and oxygen atoms in total. The number of furan rings is 1. The zero-order valence-corrected chi connectivity index (χ0v) is 9.79. The molecular weight excluding hydrogens is 232 g/mol. The van der Waals surface area contributed by atoms with E-state index in [4.69, 9.17) is 13.9 Å². The van der Waals surface area contributed by atoms with E-state index in [1.807, 2.05) is 36.4 Å². The van der Waals surface area contributed by atoms with E-state index in [2.05, 4.69) is 10.5 Å². The van der Waals surface area contributed by atoms with Crippen LogP contribution < -0.4 is 10.2 Å². The Labute approximate surface area is 104 Å². The van der Waals surface area contributed by atoms with E-state index in [0.29, 0.717) is 11.7 Å². The van der Waals surface area contributed by atoms with Crippen LogP contribution in [0.4, 0.5) is 0 Å². The Morgan fingerprint density at radius 3 is 3.00 bits per heavy atom. The van der Waals surface area contributed by atoms with Crippen LogP contribution in [0.5, 0.6) is 5.75 Å². The quantitative estimate of drug-likeness (QED) is 0.899. The van der Waals surface area contributed by atoms with Crippen molar-refractivity contribution in [1.82, 2.24) is 5.43 Å². The van der Waals surface area contributed by atoms with Gasteiger partial charge in [-0.1, -0.05) is 6.07 Å². The Morgan fingerprint density at radius 1 is 1.28 bits per heavy atom. The summed E-state index contributed by atoms with van der Waals surface area (Å²) in [6.07, 6.45) is 1.23. The predicted molar refractivity (Wildman–Crippen MR) is 65.2 cm³/mol. The molecule has 1 aromatic heterocycles. The Bertz CT molecular complexity index is 563. The number of hydrazone groups is 1.